The van der Waals surface area contributed by atoms with Crippen LogP contribution in [-0.4, -0.2) is 48.0 Å². The van der Waals surface area contributed by atoms with Crippen molar-refractivity contribution in [3.8, 4) is 0 Å². The molecule has 2 aromatic rings. The van der Waals surface area contributed by atoms with Crippen LogP contribution in [0, 0.1) is 0 Å². The molecule has 2 atom stereocenters. The van der Waals surface area contributed by atoms with Crippen molar-refractivity contribution in [2.75, 3.05) is 6.26 Å². The molecule has 1 amide bonds. The first-order valence-corrected chi connectivity index (χ1v) is 10.2. The third kappa shape index (κ3) is 2.60. The Morgan fingerprint density at radius 1 is 1.25 bits per heavy atom. The number of hydrogen-bond donors (Lipinski definition) is 0. The molecule has 2 bridgehead atoms. The van der Waals surface area contributed by atoms with E-state index in [2.05, 4.69) is 5.16 Å². The van der Waals surface area contributed by atoms with E-state index in [0.29, 0.717) is 24.1 Å². The summed E-state index contributed by atoms with van der Waals surface area (Å²) in [6.45, 7) is 0. The van der Waals surface area contributed by atoms with Crippen LogP contribution in [0.5, 0.6) is 0 Å². The number of amides is 1. The molecule has 1 aromatic carbocycles. The Labute approximate surface area is 140 Å². The van der Waals surface area contributed by atoms with Crippen molar-refractivity contribution in [3.63, 3.8) is 0 Å². The first kappa shape index (κ1) is 15.6. The number of benzene rings is 1. The van der Waals surface area contributed by atoms with E-state index < -0.39 is 9.84 Å². The van der Waals surface area contributed by atoms with Crippen molar-refractivity contribution in [1.82, 2.24) is 10.1 Å². The highest BCUT2D eigenvalue weighted by molar-refractivity contribution is 7.91. The van der Waals surface area contributed by atoms with Crippen LogP contribution in [-0.2, 0) is 21.1 Å². The molecule has 4 rings (SSSR count). The summed E-state index contributed by atoms with van der Waals surface area (Å²) in [5.41, 5.74) is 1.33. The van der Waals surface area contributed by atoms with Crippen LogP contribution in [0.1, 0.15) is 31.4 Å². The molecule has 1 aromatic heterocycles. The molecule has 24 heavy (non-hydrogen) atoms. The molecule has 0 saturated carbocycles. The van der Waals surface area contributed by atoms with Crippen molar-refractivity contribution in [3.05, 3.63) is 30.0 Å². The standard InChI is InChI=1S/C17H20N2O4S/c1-24(21,22)13-8-11-6-7-12(9-13)19(11)17(20)10-15-14-4-2-3-5-16(14)23-18-15/h2-5,11-13H,6-10H2,1H3. The zero-order valence-corrected chi connectivity index (χ0v) is 14.3. The number of rotatable bonds is 3. The quantitative estimate of drug-likeness (QED) is 0.847. The average Bonchev–Trinajstić information content (AvgIpc) is 3.05. The fourth-order valence-electron chi connectivity index (χ4n) is 4.18. The third-order valence-corrected chi connectivity index (χ3v) is 6.95. The van der Waals surface area contributed by atoms with Crippen molar-refractivity contribution < 1.29 is 17.7 Å². The number of aromatic nitrogens is 1. The van der Waals surface area contributed by atoms with Crippen molar-refractivity contribution in [1.29, 1.82) is 0 Å². The van der Waals surface area contributed by atoms with Crippen LogP contribution < -0.4 is 0 Å². The minimum Gasteiger partial charge on any atom is -0.356 e. The van der Waals surface area contributed by atoms with Gasteiger partial charge >= 0.3 is 0 Å². The van der Waals surface area contributed by atoms with Gasteiger partial charge in [0, 0.05) is 23.7 Å². The van der Waals surface area contributed by atoms with Crippen LogP contribution in [0.15, 0.2) is 28.8 Å². The minimum atomic E-state index is -3.04. The third-order valence-electron chi connectivity index (χ3n) is 5.35. The van der Waals surface area contributed by atoms with Crippen LogP contribution in [0.2, 0.25) is 0 Å². The van der Waals surface area contributed by atoms with Gasteiger partial charge < -0.3 is 9.42 Å². The molecule has 0 aliphatic carbocycles. The van der Waals surface area contributed by atoms with Gasteiger partial charge in [-0.3, -0.25) is 4.79 Å². The molecule has 6 nitrogen and oxygen atoms in total. The lowest BCUT2D eigenvalue weighted by atomic mass is 10.0. The highest BCUT2D eigenvalue weighted by Crippen LogP contribution is 2.38. The SMILES string of the molecule is CS(=O)(=O)C1CC2CCC(C1)N2C(=O)Cc1noc2ccccc12. The Kier molecular flexibility index (Phi) is 3.63. The van der Waals surface area contributed by atoms with Gasteiger partial charge in [-0.15, -0.1) is 0 Å². The Balaban J connectivity index is 1.54. The van der Waals surface area contributed by atoms with E-state index in [1.807, 2.05) is 29.2 Å². The molecule has 2 aliphatic rings. The number of nitrogens with zero attached hydrogens (tertiary/aromatic N) is 2. The molecule has 2 aliphatic heterocycles. The van der Waals surface area contributed by atoms with Gasteiger partial charge in [0.25, 0.3) is 0 Å². The zero-order valence-electron chi connectivity index (χ0n) is 13.5. The lowest BCUT2D eigenvalue weighted by molar-refractivity contribution is -0.134. The Bertz CT molecular complexity index is 875. The van der Waals surface area contributed by atoms with E-state index in [4.69, 9.17) is 4.52 Å². The number of hydrogen-bond acceptors (Lipinski definition) is 5. The summed E-state index contributed by atoms with van der Waals surface area (Å²) in [5.74, 6) is 0.0218. The smallest absolute Gasteiger partial charge is 0.229 e. The number of sulfone groups is 1. The van der Waals surface area contributed by atoms with Gasteiger partial charge in [0.05, 0.1) is 11.7 Å². The van der Waals surface area contributed by atoms with Crippen molar-refractivity contribution >= 4 is 26.7 Å². The summed E-state index contributed by atoms with van der Waals surface area (Å²) in [5, 5.41) is 4.59. The van der Waals surface area contributed by atoms with E-state index in [1.54, 1.807) is 0 Å². The minimum absolute atomic E-state index is 0.0218. The van der Waals surface area contributed by atoms with Gasteiger partial charge in [0.2, 0.25) is 5.91 Å². The van der Waals surface area contributed by atoms with E-state index in [1.165, 1.54) is 6.26 Å². The largest absolute Gasteiger partial charge is 0.356 e. The average molecular weight is 348 g/mol. The molecular weight excluding hydrogens is 328 g/mol. The number of fused-ring (bicyclic) bond motifs is 3. The summed E-state index contributed by atoms with van der Waals surface area (Å²) in [6.07, 6.45) is 4.40. The molecule has 2 unspecified atom stereocenters. The fourth-order valence-corrected chi connectivity index (χ4v) is 5.33. The molecule has 0 N–H and O–H groups in total. The van der Waals surface area contributed by atoms with Gasteiger partial charge in [0.15, 0.2) is 5.58 Å². The molecular formula is C17H20N2O4S. The molecule has 0 spiro atoms. The van der Waals surface area contributed by atoms with E-state index in [-0.39, 0.29) is 29.7 Å². The molecule has 0 radical (unpaired) electrons. The highest BCUT2D eigenvalue weighted by Gasteiger charge is 2.45. The first-order chi connectivity index (χ1) is 11.4. The Morgan fingerprint density at radius 2 is 1.92 bits per heavy atom. The van der Waals surface area contributed by atoms with Gasteiger partial charge in [-0.2, -0.15) is 0 Å². The summed E-state index contributed by atoms with van der Waals surface area (Å²) >= 11 is 0. The summed E-state index contributed by atoms with van der Waals surface area (Å²) < 4.78 is 29.0. The van der Waals surface area contributed by atoms with Crippen LogP contribution in [0.25, 0.3) is 11.0 Å². The second kappa shape index (κ2) is 5.58. The summed E-state index contributed by atoms with van der Waals surface area (Å²) in [4.78, 5) is 14.7. The Morgan fingerprint density at radius 3 is 2.58 bits per heavy atom. The predicted octanol–water partition coefficient (Wildman–Crippen LogP) is 1.94. The molecule has 7 heteroatoms. The molecule has 3 heterocycles. The lowest BCUT2D eigenvalue weighted by Gasteiger charge is -2.38. The number of para-hydroxylation sites is 1. The van der Waals surface area contributed by atoms with Gasteiger partial charge in [-0.25, -0.2) is 8.42 Å². The number of carbonyl (C=O) groups is 1. The zero-order chi connectivity index (χ0) is 16.9. The van der Waals surface area contributed by atoms with Crippen molar-refractivity contribution in [2.24, 2.45) is 0 Å². The molecule has 2 fully saturated rings. The first-order valence-electron chi connectivity index (χ1n) is 8.27. The molecule has 128 valence electrons. The van der Waals surface area contributed by atoms with Crippen LogP contribution in [0.4, 0.5) is 0 Å². The second-order valence-electron chi connectivity index (χ2n) is 6.91. The molecule has 2 saturated heterocycles. The van der Waals surface area contributed by atoms with Gasteiger partial charge in [-0.1, -0.05) is 17.3 Å². The van der Waals surface area contributed by atoms with Gasteiger partial charge in [0.1, 0.15) is 15.5 Å². The normalized spacial score (nSPS) is 26.9. The van der Waals surface area contributed by atoms with E-state index in [0.717, 1.165) is 18.2 Å². The topological polar surface area (TPSA) is 80.5 Å². The number of piperidine rings is 1. The maximum absolute atomic E-state index is 12.8. The fraction of sp³-hybridized carbons (Fsp3) is 0.529. The van der Waals surface area contributed by atoms with Crippen LogP contribution in [0.3, 0.4) is 0 Å². The second-order valence-corrected chi connectivity index (χ2v) is 9.24. The number of carbonyl (C=O) groups excluding carboxylic acids is 1. The maximum Gasteiger partial charge on any atom is 0.229 e. The highest BCUT2D eigenvalue weighted by atomic mass is 32.2. The summed E-state index contributed by atoms with van der Waals surface area (Å²) in [6, 6.07) is 7.57. The van der Waals surface area contributed by atoms with E-state index in [9.17, 15) is 13.2 Å². The summed E-state index contributed by atoms with van der Waals surface area (Å²) in [7, 11) is -3.04. The predicted molar refractivity (Wildman–Crippen MR) is 89.2 cm³/mol. The van der Waals surface area contributed by atoms with Crippen molar-refractivity contribution in [2.45, 2.75) is 49.4 Å². The lowest BCUT2D eigenvalue weighted by Crippen LogP contribution is -2.50. The monoisotopic (exact) mass is 348 g/mol. The van der Waals surface area contributed by atoms with Gasteiger partial charge in [-0.05, 0) is 37.8 Å². The van der Waals surface area contributed by atoms with Crippen LogP contribution >= 0.6 is 0 Å². The Hall–Kier alpha value is -1.89. The van der Waals surface area contributed by atoms with E-state index >= 15 is 0 Å². The maximum atomic E-state index is 12.8.